The Morgan fingerprint density at radius 3 is 2.52 bits per heavy atom. The monoisotopic (exact) mass is 413 g/mol. The zero-order chi connectivity index (χ0) is 21.5. The van der Waals surface area contributed by atoms with E-state index in [0.717, 1.165) is 34.7 Å². The first-order chi connectivity index (χ1) is 15.0. The fourth-order valence-electron chi connectivity index (χ4n) is 4.40. The molecule has 158 valence electrons. The van der Waals surface area contributed by atoms with Gasteiger partial charge in [0, 0.05) is 25.7 Å². The fraction of sp³-hybridized carbons (Fsp3) is 0.320. The van der Waals surface area contributed by atoms with E-state index in [1.807, 2.05) is 67.0 Å². The molecule has 2 aromatic carbocycles. The fourth-order valence-corrected chi connectivity index (χ4v) is 4.40. The van der Waals surface area contributed by atoms with Crippen LogP contribution in [0.25, 0.3) is 11.0 Å². The first-order valence-electron chi connectivity index (χ1n) is 10.7. The van der Waals surface area contributed by atoms with E-state index in [1.165, 1.54) is 5.56 Å². The molecule has 1 aliphatic carbocycles. The Hall–Kier alpha value is -3.41. The van der Waals surface area contributed by atoms with Crippen LogP contribution in [0.3, 0.4) is 0 Å². The Morgan fingerprint density at radius 2 is 1.81 bits per heavy atom. The summed E-state index contributed by atoms with van der Waals surface area (Å²) < 4.78 is 3.94. The van der Waals surface area contributed by atoms with E-state index in [4.69, 9.17) is 4.98 Å². The smallest absolute Gasteiger partial charge is 0.227 e. The number of carbonyl (C=O) groups is 1. The van der Waals surface area contributed by atoms with E-state index in [9.17, 15) is 4.79 Å². The van der Waals surface area contributed by atoms with E-state index in [2.05, 4.69) is 33.9 Å². The summed E-state index contributed by atoms with van der Waals surface area (Å²) in [5.74, 6) is 1.41. The van der Waals surface area contributed by atoms with Gasteiger partial charge in [-0.1, -0.05) is 42.5 Å². The van der Waals surface area contributed by atoms with Crippen LogP contribution in [0.2, 0.25) is 0 Å². The molecule has 5 rings (SSSR count). The van der Waals surface area contributed by atoms with Gasteiger partial charge in [0.1, 0.15) is 5.82 Å². The molecule has 31 heavy (non-hydrogen) atoms. The molecule has 6 nitrogen and oxygen atoms in total. The first-order valence-corrected chi connectivity index (χ1v) is 10.7. The predicted octanol–water partition coefficient (Wildman–Crippen LogP) is 3.95. The molecule has 0 radical (unpaired) electrons. The summed E-state index contributed by atoms with van der Waals surface area (Å²) in [5.41, 5.74) is 5.27. The molecule has 1 fully saturated rings. The Balaban J connectivity index is 1.42. The molecule has 4 aromatic rings. The zero-order valence-corrected chi connectivity index (χ0v) is 18.2. The number of amides is 1. The van der Waals surface area contributed by atoms with Crippen molar-refractivity contribution in [1.29, 1.82) is 0 Å². The molecule has 1 aliphatic rings. The summed E-state index contributed by atoms with van der Waals surface area (Å²) in [5, 5.41) is 4.59. The highest BCUT2D eigenvalue weighted by Crippen LogP contribution is 2.48. The van der Waals surface area contributed by atoms with Crippen molar-refractivity contribution >= 4 is 16.9 Å². The van der Waals surface area contributed by atoms with Crippen molar-refractivity contribution in [3.05, 3.63) is 83.4 Å². The third-order valence-electron chi connectivity index (χ3n) is 6.38. The number of fused-ring (bicyclic) bond motifs is 1. The lowest BCUT2D eigenvalue weighted by atomic mass is 10.1. The number of hydrogen-bond acceptors (Lipinski definition) is 3. The lowest BCUT2D eigenvalue weighted by Crippen LogP contribution is -2.33. The second-order valence-corrected chi connectivity index (χ2v) is 8.53. The van der Waals surface area contributed by atoms with Gasteiger partial charge in [-0.2, -0.15) is 5.10 Å². The minimum Gasteiger partial charge on any atom is -0.330 e. The van der Waals surface area contributed by atoms with Gasteiger partial charge in [0.25, 0.3) is 0 Å². The van der Waals surface area contributed by atoms with Crippen molar-refractivity contribution in [2.24, 2.45) is 20.0 Å². The summed E-state index contributed by atoms with van der Waals surface area (Å²) in [7, 11) is 3.95. The maximum Gasteiger partial charge on any atom is 0.227 e. The molecule has 0 saturated heterocycles. The molecule has 2 atom stereocenters. The number of carbonyl (C=O) groups excluding carboxylic acids is 1. The third-order valence-corrected chi connectivity index (χ3v) is 6.38. The Kier molecular flexibility index (Phi) is 4.85. The SMILES string of the molecule is Cc1cc(CN(Cc2nc3ccccc3n2C)C(=O)[C@@H]2C[C@H]2c2ccccc2)nn1C. The number of nitrogens with zero attached hydrogens (tertiary/aromatic N) is 5. The normalized spacial score (nSPS) is 17.8. The third kappa shape index (κ3) is 3.74. The molecule has 2 heterocycles. The summed E-state index contributed by atoms with van der Waals surface area (Å²) >= 11 is 0. The topological polar surface area (TPSA) is 56.0 Å². The lowest BCUT2D eigenvalue weighted by Gasteiger charge is -2.22. The van der Waals surface area contributed by atoms with Crippen molar-refractivity contribution in [1.82, 2.24) is 24.2 Å². The van der Waals surface area contributed by atoms with E-state index < -0.39 is 0 Å². The number of hydrogen-bond donors (Lipinski definition) is 0. The molecule has 1 amide bonds. The molecule has 0 spiro atoms. The summed E-state index contributed by atoms with van der Waals surface area (Å²) in [6.45, 7) is 2.99. The van der Waals surface area contributed by atoms with Crippen LogP contribution in [0, 0.1) is 12.8 Å². The molecular formula is C25H27N5O. The highest BCUT2D eigenvalue weighted by atomic mass is 16.2. The minimum absolute atomic E-state index is 0.0295. The Morgan fingerprint density at radius 1 is 1.06 bits per heavy atom. The Bertz CT molecular complexity index is 1220. The van der Waals surface area contributed by atoms with Gasteiger partial charge in [0.15, 0.2) is 0 Å². The summed E-state index contributed by atoms with van der Waals surface area (Å²) in [6.07, 6.45) is 0.906. The first kappa shape index (κ1) is 19.5. The van der Waals surface area contributed by atoms with Gasteiger partial charge in [-0.15, -0.1) is 0 Å². The highest BCUT2D eigenvalue weighted by Gasteiger charge is 2.45. The van der Waals surface area contributed by atoms with Crippen LogP contribution < -0.4 is 0 Å². The van der Waals surface area contributed by atoms with Crippen LogP contribution in [0.4, 0.5) is 0 Å². The van der Waals surface area contributed by atoms with Crippen LogP contribution in [0.15, 0.2) is 60.7 Å². The molecule has 6 heteroatoms. The molecule has 0 aliphatic heterocycles. The van der Waals surface area contributed by atoms with Crippen molar-refractivity contribution in [3.8, 4) is 0 Å². The number of imidazole rings is 1. The average molecular weight is 414 g/mol. The van der Waals surface area contributed by atoms with Crippen LogP contribution in [-0.2, 0) is 32.0 Å². The number of para-hydroxylation sites is 2. The number of aryl methyl sites for hydroxylation is 3. The molecule has 2 aromatic heterocycles. The van der Waals surface area contributed by atoms with Crippen LogP contribution in [-0.4, -0.2) is 30.1 Å². The quantitative estimate of drug-likeness (QED) is 0.481. The standard InChI is InChI=1S/C25H27N5O/c1-17-13-19(27-29(17)3)15-30(16-24-26-22-11-7-8-12-23(22)28(24)2)25(31)21-14-20(21)18-9-5-4-6-10-18/h4-13,20-21H,14-16H2,1-3H3/t20-,21+/m0/s1. The maximum absolute atomic E-state index is 13.6. The molecule has 0 unspecified atom stereocenters. The van der Waals surface area contributed by atoms with Crippen molar-refractivity contribution in [2.75, 3.05) is 0 Å². The highest BCUT2D eigenvalue weighted by molar-refractivity contribution is 5.83. The number of rotatable bonds is 6. The van der Waals surface area contributed by atoms with E-state index in [0.29, 0.717) is 19.0 Å². The lowest BCUT2D eigenvalue weighted by molar-refractivity contribution is -0.134. The van der Waals surface area contributed by atoms with Gasteiger partial charge in [-0.05, 0) is 43.0 Å². The Labute approximate surface area is 182 Å². The summed E-state index contributed by atoms with van der Waals surface area (Å²) in [6, 6.07) is 20.5. The van der Waals surface area contributed by atoms with Gasteiger partial charge in [-0.3, -0.25) is 9.48 Å². The zero-order valence-electron chi connectivity index (χ0n) is 18.2. The van der Waals surface area contributed by atoms with Crippen LogP contribution >= 0.6 is 0 Å². The maximum atomic E-state index is 13.6. The number of aromatic nitrogens is 4. The predicted molar refractivity (Wildman–Crippen MR) is 120 cm³/mol. The van der Waals surface area contributed by atoms with Gasteiger partial charge in [0.05, 0.1) is 29.8 Å². The largest absolute Gasteiger partial charge is 0.330 e. The number of benzene rings is 2. The summed E-state index contributed by atoms with van der Waals surface area (Å²) in [4.78, 5) is 20.3. The van der Waals surface area contributed by atoms with Crippen molar-refractivity contribution in [2.45, 2.75) is 32.4 Å². The second kappa shape index (κ2) is 7.69. The second-order valence-electron chi connectivity index (χ2n) is 8.53. The molecular weight excluding hydrogens is 386 g/mol. The molecule has 0 N–H and O–H groups in total. The van der Waals surface area contributed by atoms with Crippen LogP contribution in [0.5, 0.6) is 0 Å². The van der Waals surface area contributed by atoms with Gasteiger partial charge >= 0.3 is 0 Å². The van der Waals surface area contributed by atoms with E-state index in [-0.39, 0.29) is 11.8 Å². The molecule has 1 saturated carbocycles. The van der Waals surface area contributed by atoms with Crippen molar-refractivity contribution in [3.63, 3.8) is 0 Å². The van der Waals surface area contributed by atoms with E-state index >= 15 is 0 Å². The molecule has 0 bridgehead atoms. The minimum atomic E-state index is 0.0295. The van der Waals surface area contributed by atoms with Gasteiger partial charge in [0.2, 0.25) is 5.91 Å². The van der Waals surface area contributed by atoms with Gasteiger partial charge < -0.3 is 9.47 Å². The van der Waals surface area contributed by atoms with Crippen LogP contribution in [0.1, 0.15) is 35.1 Å². The van der Waals surface area contributed by atoms with E-state index in [1.54, 1.807) is 0 Å². The average Bonchev–Trinajstić information content (AvgIpc) is 3.44. The van der Waals surface area contributed by atoms with Gasteiger partial charge in [-0.25, -0.2) is 4.98 Å². The van der Waals surface area contributed by atoms with Crippen molar-refractivity contribution < 1.29 is 4.79 Å².